The first-order chi connectivity index (χ1) is 9.87. The maximum absolute atomic E-state index is 12.5. The highest BCUT2D eigenvalue weighted by Crippen LogP contribution is 2.40. The number of carbonyl (C=O) groups excluding carboxylic acids is 1. The molecule has 1 aromatic heterocycles. The van der Waals surface area contributed by atoms with Gasteiger partial charge in [0, 0.05) is 9.77 Å². The third-order valence-corrected chi connectivity index (χ3v) is 4.27. The van der Waals surface area contributed by atoms with Crippen LogP contribution >= 0.6 is 23.1 Å². The van der Waals surface area contributed by atoms with E-state index >= 15 is 0 Å². The van der Waals surface area contributed by atoms with Crippen molar-refractivity contribution in [3.63, 3.8) is 0 Å². The van der Waals surface area contributed by atoms with Crippen molar-refractivity contribution in [1.29, 1.82) is 0 Å². The van der Waals surface area contributed by atoms with Crippen LogP contribution in [0.3, 0.4) is 0 Å². The van der Waals surface area contributed by atoms with Crippen LogP contribution in [0.4, 0.5) is 18.9 Å². The monoisotopic (exact) mass is 332 g/mol. The van der Waals surface area contributed by atoms with Gasteiger partial charge in [-0.2, -0.15) is 13.2 Å². The van der Waals surface area contributed by atoms with Crippen LogP contribution in [-0.4, -0.2) is 11.4 Å². The molecule has 0 spiro atoms. The second kappa shape index (κ2) is 6.50. The van der Waals surface area contributed by atoms with Crippen molar-refractivity contribution >= 4 is 34.7 Å². The number of alkyl halides is 3. The van der Waals surface area contributed by atoms with E-state index < -0.39 is 17.5 Å². The normalized spacial score (nSPS) is 13.0. The van der Waals surface area contributed by atoms with Crippen molar-refractivity contribution in [3.05, 3.63) is 46.7 Å². The van der Waals surface area contributed by atoms with Crippen LogP contribution in [0.15, 0.2) is 46.7 Å². The van der Waals surface area contributed by atoms with Crippen LogP contribution in [0.5, 0.6) is 0 Å². The number of hydrogen-bond acceptors (Lipinski definition) is 4. The summed E-state index contributed by atoms with van der Waals surface area (Å²) in [5, 5.41) is 4.22. The van der Waals surface area contributed by atoms with Gasteiger partial charge in [0.15, 0.2) is 0 Å². The predicted octanol–water partition coefficient (Wildman–Crippen LogP) is 4.00. The summed E-state index contributed by atoms with van der Waals surface area (Å²) in [6.07, 6.45) is 0. The van der Waals surface area contributed by atoms with Crippen LogP contribution in [0.25, 0.3) is 0 Å². The van der Waals surface area contributed by atoms with Gasteiger partial charge in [-0.15, -0.1) is 11.3 Å². The molecule has 1 atom stereocenters. The Hall–Kier alpha value is -1.51. The van der Waals surface area contributed by atoms with Gasteiger partial charge < -0.3 is 11.1 Å². The highest BCUT2D eigenvalue weighted by Gasteiger charge is 2.30. The number of carbonyl (C=O) groups is 1. The van der Waals surface area contributed by atoms with E-state index in [1.807, 2.05) is 0 Å². The average molecular weight is 332 g/mol. The molecule has 0 fully saturated rings. The molecular weight excluding hydrogens is 321 g/mol. The maximum Gasteiger partial charge on any atom is 0.446 e. The topological polar surface area (TPSA) is 55.1 Å². The van der Waals surface area contributed by atoms with Gasteiger partial charge in [0.25, 0.3) is 0 Å². The molecule has 2 aromatic rings. The zero-order chi connectivity index (χ0) is 15.5. The van der Waals surface area contributed by atoms with E-state index in [9.17, 15) is 18.0 Å². The summed E-state index contributed by atoms with van der Waals surface area (Å²) < 4.78 is 37.4. The van der Waals surface area contributed by atoms with Crippen molar-refractivity contribution in [2.75, 3.05) is 5.32 Å². The largest absolute Gasteiger partial charge is 0.446 e. The lowest BCUT2D eigenvalue weighted by atomic mass is 10.2. The number of thiophene rings is 1. The summed E-state index contributed by atoms with van der Waals surface area (Å²) in [4.78, 5) is 12.6. The van der Waals surface area contributed by atoms with E-state index in [-0.39, 0.29) is 22.3 Å². The minimum atomic E-state index is -4.42. The first-order valence-corrected chi connectivity index (χ1v) is 7.51. The summed E-state index contributed by atoms with van der Waals surface area (Å²) in [6.45, 7) is 0. The van der Waals surface area contributed by atoms with Gasteiger partial charge in [-0.25, -0.2) is 0 Å². The second-order valence-corrected chi connectivity index (χ2v) is 6.11. The molecule has 112 valence electrons. The Morgan fingerprint density at radius 3 is 2.57 bits per heavy atom. The minimum absolute atomic E-state index is 0.0725. The molecule has 0 aliphatic heterocycles. The number of anilines is 1. The van der Waals surface area contributed by atoms with Gasteiger partial charge >= 0.3 is 5.51 Å². The molecule has 1 heterocycles. The molecule has 1 aromatic carbocycles. The quantitative estimate of drug-likeness (QED) is 0.832. The molecule has 0 saturated carbocycles. The van der Waals surface area contributed by atoms with E-state index in [0.717, 1.165) is 0 Å². The van der Waals surface area contributed by atoms with Gasteiger partial charge in [-0.3, -0.25) is 4.79 Å². The predicted molar refractivity (Wildman–Crippen MR) is 78.2 cm³/mol. The smallest absolute Gasteiger partial charge is 0.323 e. The fourth-order valence-electron chi connectivity index (χ4n) is 1.59. The molecule has 3 nitrogen and oxygen atoms in total. The van der Waals surface area contributed by atoms with E-state index in [2.05, 4.69) is 5.32 Å². The highest BCUT2D eigenvalue weighted by molar-refractivity contribution is 8.00. The van der Waals surface area contributed by atoms with Crippen molar-refractivity contribution in [2.24, 2.45) is 5.73 Å². The fraction of sp³-hybridized carbons (Fsp3) is 0.154. The van der Waals surface area contributed by atoms with Gasteiger partial charge in [0.2, 0.25) is 5.91 Å². The first-order valence-electron chi connectivity index (χ1n) is 5.81. The lowest BCUT2D eigenvalue weighted by molar-refractivity contribution is -0.117. The van der Waals surface area contributed by atoms with E-state index in [4.69, 9.17) is 5.73 Å². The molecule has 1 unspecified atom stereocenters. The molecule has 3 N–H and O–H groups in total. The average Bonchev–Trinajstić information content (AvgIpc) is 2.92. The van der Waals surface area contributed by atoms with Crippen LogP contribution in [0.2, 0.25) is 0 Å². The zero-order valence-electron chi connectivity index (χ0n) is 10.6. The van der Waals surface area contributed by atoms with E-state index in [1.54, 1.807) is 23.6 Å². The number of nitrogens with two attached hydrogens (primary N) is 1. The van der Waals surface area contributed by atoms with E-state index in [1.165, 1.54) is 29.5 Å². The Labute approximate surface area is 127 Å². The summed E-state index contributed by atoms with van der Waals surface area (Å²) >= 11 is 1.04. The zero-order valence-corrected chi connectivity index (χ0v) is 12.2. The van der Waals surface area contributed by atoms with Gasteiger partial charge in [0.05, 0.1) is 5.69 Å². The summed E-state index contributed by atoms with van der Waals surface area (Å²) in [5.74, 6) is -0.548. The Morgan fingerprint density at radius 2 is 1.95 bits per heavy atom. The Morgan fingerprint density at radius 1 is 1.24 bits per heavy atom. The lowest BCUT2D eigenvalue weighted by Crippen LogP contribution is -2.27. The van der Waals surface area contributed by atoms with Crippen molar-refractivity contribution in [2.45, 2.75) is 16.4 Å². The van der Waals surface area contributed by atoms with Gasteiger partial charge in [-0.1, -0.05) is 18.2 Å². The number of para-hydroxylation sites is 1. The van der Waals surface area contributed by atoms with Crippen LogP contribution in [-0.2, 0) is 4.79 Å². The number of benzene rings is 1. The lowest BCUT2D eigenvalue weighted by Gasteiger charge is -2.14. The van der Waals surface area contributed by atoms with Gasteiger partial charge in [0.1, 0.15) is 6.04 Å². The summed E-state index contributed by atoms with van der Waals surface area (Å²) in [5.41, 5.74) is 1.45. The first kappa shape index (κ1) is 15.9. The van der Waals surface area contributed by atoms with Crippen LogP contribution in [0.1, 0.15) is 10.9 Å². The third-order valence-electron chi connectivity index (χ3n) is 2.50. The molecule has 0 aliphatic carbocycles. The summed E-state index contributed by atoms with van der Waals surface area (Å²) in [7, 11) is 0. The Balaban J connectivity index is 2.14. The fourth-order valence-corrected chi connectivity index (χ4v) is 2.94. The number of hydrogen-bond donors (Lipinski definition) is 2. The molecule has 2 rings (SSSR count). The molecular formula is C13H11F3N2OS2. The second-order valence-electron chi connectivity index (χ2n) is 4.03. The SMILES string of the molecule is NC(C(=O)Nc1ccccc1SC(F)(F)F)c1cccs1. The van der Waals surface area contributed by atoms with Crippen molar-refractivity contribution in [1.82, 2.24) is 0 Å². The molecule has 8 heteroatoms. The summed E-state index contributed by atoms with van der Waals surface area (Å²) in [6, 6.07) is 8.27. The molecule has 0 radical (unpaired) electrons. The Bertz CT molecular complexity index is 614. The number of halogens is 3. The number of amides is 1. The van der Waals surface area contributed by atoms with Crippen molar-refractivity contribution in [3.8, 4) is 0 Å². The molecule has 1 amide bonds. The minimum Gasteiger partial charge on any atom is -0.323 e. The van der Waals surface area contributed by atoms with Crippen LogP contribution in [0, 0.1) is 0 Å². The highest BCUT2D eigenvalue weighted by atomic mass is 32.2. The van der Waals surface area contributed by atoms with Gasteiger partial charge in [-0.05, 0) is 35.3 Å². The standard InChI is InChI=1S/C13H11F3N2OS2/c14-13(15,16)21-9-5-2-1-4-8(9)18-12(19)11(17)10-6-3-7-20-10/h1-7,11H,17H2,(H,18,19). The molecule has 0 aliphatic rings. The maximum atomic E-state index is 12.5. The molecule has 21 heavy (non-hydrogen) atoms. The molecule has 0 saturated heterocycles. The van der Waals surface area contributed by atoms with E-state index in [0.29, 0.717) is 4.88 Å². The number of nitrogens with one attached hydrogen (secondary N) is 1. The Kier molecular flexibility index (Phi) is 4.92. The van der Waals surface area contributed by atoms with Crippen LogP contribution < -0.4 is 11.1 Å². The molecule has 0 bridgehead atoms. The third kappa shape index (κ3) is 4.48. The number of thioether (sulfide) groups is 1. The number of rotatable bonds is 4. The van der Waals surface area contributed by atoms with Crippen molar-refractivity contribution < 1.29 is 18.0 Å².